The van der Waals surface area contributed by atoms with Crippen LogP contribution in [0.5, 0.6) is 11.5 Å². The predicted molar refractivity (Wildman–Crippen MR) is 82.5 cm³/mol. The van der Waals surface area contributed by atoms with Gasteiger partial charge in [-0.3, -0.25) is 4.79 Å². The van der Waals surface area contributed by atoms with Crippen LogP contribution >= 0.6 is 11.7 Å². The third kappa shape index (κ3) is 2.64. The van der Waals surface area contributed by atoms with E-state index in [1.54, 1.807) is 14.2 Å². The van der Waals surface area contributed by atoms with Crippen LogP contribution in [0.2, 0.25) is 0 Å². The summed E-state index contributed by atoms with van der Waals surface area (Å²) in [5.41, 5.74) is 1.46. The van der Waals surface area contributed by atoms with Crippen molar-refractivity contribution in [2.75, 3.05) is 20.8 Å². The second-order valence-electron chi connectivity index (χ2n) is 5.06. The number of ether oxygens (including phenoxy) is 2. The first-order chi connectivity index (χ1) is 10.7. The number of aromatic nitrogens is 2. The van der Waals surface area contributed by atoms with Crippen molar-refractivity contribution in [3.8, 4) is 11.5 Å². The highest BCUT2D eigenvalue weighted by atomic mass is 32.1. The molecule has 116 valence electrons. The summed E-state index contributed by atoms with van der Waals surface area (Å²) in [5.74, 6) is 1.30. The van der Waals surface area contributed by atoms with E-state index in [2.05, 4.69) is 8.75 Å². The van der Waals surface area contributed by atoms with Crippen LogP contribution in [0.3, 0.4) is 0 Å². The largest absolute Gasteiger partial charge is 0.493 e. The van der Waals surface area contributed by atoms with Gasteiger partial charge < -0.3 is 14.4 Å². The van der Waals surface area contributed by atoms with E-state index in [4.69, 9.17) is 9.47 Å². The van der Waals surface area contributed by atoms with Crippen molar-refractivity contribution in [1.82, 2.24) is 13.6 Å². The van der Waals surface area contributed by atoms with Gasteiger partial charge in [-0.2, -0.15) is 8.75 Å². The van der Waals surface area contributed by atoms with Crippen molar-refractivity contribution in [2.45, 2.75) is 18.9 Å². The summed E-state index contributed by atoms with van der Waals surface area (Å²) in [4.78, 5) is 14.4. The van der Waals surface area contributed by atoms with Gasteiger partial charge in [0.1, 0.15) is 0 Å². The van der Waals surface area contributed by atoms with E-state index < -0.39 is 0 Å². The molecule has 1 amide bonds. The maximum absolute atomic E-state index is 12.5. The minimum absolute atomic E-state index is 0.0361. The molecule has 7 heteroatoms. The van der Waals surface area contributed by atoms with Gasteiger partial charge in [0, 0.05) is 6.54 Å². The maximum Gasteiger partial charge on any atom is 0.275 e. The second kappa shape index (κ2) is 6.31. The molecule has 2 aromatic rings. The molecule has 1 aromatic carbocycles. The zero-order valence-electron chi connectivity index (χ0n) is 12.5. The molecule has 1 saturated heterocycles. The first kappa shape index (κ1) is 14.8. The van der Waals surface area contributed by atoms with E-state index in [0.717, 1.165) is 36.7 Å². The van der Waals surface area contributed by atoms with Gasteiger partial charge in [0.2, 0.25) is 0 Å². The lowest BCUT2D eigenvalue weighted by Gasteiger charge is -2.24. The van der Waals surface area contributed by atoms with Gasteiger partial charge in [0.25, 0.3) is 5.91 Å². The predicted octanol–water partition coefficient (Wildman–Crippen LogP) is 2.53. The van der Waals surface area contributed by atoms with E-state index >= 15 is 0 Å². The Kier molecular flexibility index (Phi) is 4.24. The number of carbonyl (C=O) groups is 1. The van der Waals surface area contributed by atoms with Crippen LogP contribution < -0.4 is 9.47 Å². The molecule has 0 bridgehead atoms. The summed E-state index contributed by atoms with van der Waals surface area (Å²) >= 11 is 1.05. The van der Waals surface area contributed by atoms with Gasteiger partial charge in [-0.25, -0.2) is 0 Å². The van der Waals surface area contributed by atoms with Crippen LogP contribution in [0.15, 0.2) is 24.4 Å². The molecule has 1 aliphatic heterocycles. The molecule has 3 rings (SSSR count). The van der Waals surface area contributed by atoms with Gasteiger partial charge in [0.05, 0.1) is 38.2 Å². The van der Waals surface area contributed by atoms with Crippen molar-refractivity contribution in [3.05, 3.63) is 35.7 Å². The topological polar surface area (TPSA) is 64.5 Å². The molecule has 22 heavy (non-hydrogen) atoms. The van der Waals surface area contributed by atoms with Crippen molar-refractivity contribution >= 4 is 17.6 Å². The Balaban J connectivity index is 1.88. The number of carbonyl (C=O) groups excluding carboxylic acids is 1. The molecule has 1 atom stereocenters. The number of methoxy groups -OCH3 is 2. The molecule has 6 nitrogen and oxygen atoms in total. The quantitative estimate of drug-likeness (QED) is 0.866. The number of benzene rings is 1. The SMILES string of the molecule is COc1ccc(C2CCCN2C(=O)c2cnsn2)cc1OC. The van der Waals surface area contributed by atoms with Gasteiger partial charge in [-0.15, -0.1) is 0 Å². The zero-order valence-corrected chi connectivity index (χ0v) is 13.3. The van der Waals surface area contributed by atoms with Crippen LogP contribution in [0, 0.1) is 0 Å². The van der Waals surface area contributed by atoms with Crippen molar-refractivity contribution in [3.63, 3.8) is 0 Å². The highest BCUT2D eigenvalue weighted by Crippen LogP contribution is 2.37. The van der Waals surface area contributed by atoms with Crippen molar-refractivity contribution < 1.29 is 14.3 Å². The number of hydrogen-bond acceptors (Lipinski definition) is 6. The minimum atomic E-state index is -0.0639. The fourth-order valence-electron chi connectivity index (χ4n) is 2.82. The highest BCUT2D eigenvalue weighted by molar-refractivity contribution is 6.99. The van der Waals surface area contributed by atoms with Gasteiger partial charge in [-0.05, 0) is 30.5 Å². The smallest absolute Gasteiger partial charge is 0.275 e. The Hall–Kier alpha value is -2.15. The fraction of sp³-hybridized carbons (Fsp3) is 0.400. The number of hydrogen-bond donors (Lipinski definition) is 0. The standard InChI is InChI=1S/C15H17N3O3S/c1-20-13-6-5-10(8-14(13)21-2)12-4-3-7-18(12)15(19)11-9-16-22-17-11/h5-6,8-9,12H,3-4,7H2,1-2H3. The molecule has 0 radical (unpaired) electrons. The fourth-order valence-corrected chi connectivity index (χ4v) is 3.23. The van der Waals surface area contributed by atoms with E-state index in [9.17, 15) is 4.79 Å². The molecule has 1 unspecified atom stereocenters. The third-order valence-corrected chi connectivity index (χ3v) is 4.36. The average molecular weight is 319 g/mol. The highest BCUT2D eigenvalue weighted by Gasteiger charge is 2.32. The molecule has 2 heterocycles. The Morgan fingerprint density at radius 3 is 2.82 bits per heavy atom. The van der Waals surface area contributed by atoms with E-state index in [-0.39, 0.29) is 11.9 Å². The molecule has 0 N–H and O–H groups in total. The monoisotopic (exact) mass is 319 g/mol. The molecule has 0 saturated carbocycles. The summed E-state index contributed by atoms with van der Waals surface area (Å²) in [6.45, 7) is 0.732. The Bertz CT molecular complexity index is 660. The number of likely N-dealkylation sites (tertiary alicyclic amines) is 1. The zero-order chi connectivity index (χ0) is 15.5. The van der Waals surface area contributed by atoms with Gasteiger partial charge in [0.15, 0.2) is 17.2 Å². The lowest BCUT2D eigenvalue weighted by Crippen LogP contribution is -2.30. The Morgan fingerprint density at radius 1 is 1.32 bits per heavy atom. The summed E-state index contributed by atoms with van der Waals surface area (Å²) in [6, 6.07) is 5.83. The van der Waals surface area contributed by atoms with Gasteiger partial charge >= 0.3 is 0 Å². The molecule has 1 aromatic heterocycles. The van der Waals surface area contributed by atoms with Gasteiger partial charge in [-0.1, -0.05) is 6.07 Å². The summed E-state index contributed by atoms with van der Waals surface area (Å²) < 4.78 is 18.6. The molecular formula is C15H17N3O3S. The first-order valence-electron chi connectivity index (χ1n) is 7.05. The number of rotatable bonds is 4. The number of nitrogens with zero attached hydrogens (tertiary/aromatic N) is 3. The van der Waals surface area contributed by atoms with Crippen LogP contribution in [-0.2, 0) is 0 Å². The van der Waals surface area contributed by atoms with E-state index in [0.29, 0.717) is 17.2 Å². The molecule has 1 fully saturated rings. The first-order valence-corrected chi connectivity index (χ1v) is 7.78. The molecule has 0 aliphatic carbocycles. The Morgan fingerprint density at radius 2 is 2.14 bits per heavy atom. The van der Waals surface area contributed by atoms with Crippen molar-refractivity contribution in [1.29, 1.82) is 0 Å². The number of amides is 1. The average Bonchev–Trinajstić information content (AvgIpc) is 3.24. The summed E-state index contributed by atoms with van der Waals surface area (Å²) in [6.07, 6.45) is 3.43. The van der Waals surface area contributed by atoms with Crippen LogP contribution in [0.25, 0.3) is 0 Å². The second-order valence-corrected chi connectivity index (χ2v) is 5.62. The normalized spacial score (nSPS) is 17.5. The summed E-state index contributed by atoms with van der Waals surface area (Å²) in [7, 11) is 3.22. The van der Waals surface area contributed by atoms with Crippen molar-refractivity contribution in [2.24, 2.45) is 0 Å². The van der Waals surface area contributed by atoms with Crippen LogP contribution in [0.1, 0.15) is 34.9 Å². The lowest BCUT2D eigenvalue weighted by atomic mass is 10.0. The lowest BCUT2D eigenvalue weighted by molar-refractivity contribution is 0.0730. The van der Waals surface area contributed by atoms with E-state index in [1.165, 1.54) is 6.20 Å². The van der Waals surface area contributed by atoms with E-state index in [1.807, 2.05) is 23.1 Å². The molecule has 0 spiro atoms. The summed E-state index contributed by atoms with van der Waals surface area (Å²) in [5, 5.41) is 0. The Labute approximate surface area is 133 Å². The molecule has 1 aliphatic rings. The maximum atomic E-state index is 12.5. The molecular weight excluding hydrogens is 302 g/mol. The van der Waals surface area contributed by atoms with Crippen LogP contribution in [-0.4, -0.2) is 40.3 Å². The third-order valence-electron chi connectivity index (χ3n) is 3.89. The van der Waals surface area contributed by atoms with Crippen LogP contribution in [0.4, 0.5) is 0 Å². The minimum Gasteiger partial charge on any atom is -0.493 e.